The number of rotatable bonds is 5. The van der Waals surface area contributed by atoms with Crippen molar-refractivity contribution in [1.82, 2.24) is 20.0 Å². The van der Waals surface area contributed by atoms with Crippen molar-refractivity contribution < 1.29 is 17.9 Å². The highest BCUT2D eigenvalue weighted by molar-refractivity contribution is 7.91. The van der Waals surface area contributed by atoms with Gasteiger partial charge < -0.3 is 15.0 Å². The second kappa shape index (κ2) is 6.95. The van der Waals surface area contributed by atoms with Crippen LogP contribution < -0.4 is 5.32 Å². The van der Waals surface area contributed by atoms with E-state index in [4.69, 9.17) is 4.74 Å². The lowest BCUT2D eigenvalue weighted by Gasteiger charge is -2.41. The highest BCUT2D eigenvalue weighted by atomic mass is 32.2. The number of hydrogen-bond donors (Lipinski definition) is 1. The standard InChI is InChI=1S/C16H26N4O4S/c1-3-19-10-13(9-18-19)14-11-25(22,23)8-7-20(14)15(21)17-12-16(24-2)5-4-6-16/h9-10,14H,3-8,11-12H2,1-2H3,(H,17,21)/t14-/m0/s1. The summed E-state index contributed by atoms with van der Waals surface area (Å²) >= 11 is 0. The average molecular weight is 370 g/mol. The Labute approximate surface area is 148 Å². The first-order chi connectivity index (χ1) is 11.9. The first-order valence-corrected chi connectivity index (χ1v) is 10.5. The van der Waals surface area contributed by atoms with E-state index in [0.717, 1.165) is 24.8 Å². The second-order valence-corrected chi connectivity index (χ2v) is 9.08. The first-order valence-electron chi connectivity index (χ1n) is 8.70. The number of nitrogens with one attached hydrogen (secondary N) is 1. The minimum absolute atomic E-state index is 0.00570. The SMILES string of the molecule is CCn1cc([C@@H]2CS(=O)(=O)CCN2C(=O)NCC2(OC)CCC2)cn1. The van der Waals surface area contributed by atoms with Crippen molar-refractivity contribution >= 4 is 15.9 Å². The van der Waals surface area contributed by atoms with Crippen LogP contribution in [0.4, 0.5) is 4.79 Å². The van der Waals surface area contributed by atoms with Crippen molar-refractivity contribution in [1.29, 1.82) is 0 Å². The molecule has 1 saturated carbocycles. The molecule has 3 rings (SSSR count). The molecule has 2 aliphatic rings. The van der Waals surface area contributed by atoms with Gasteiger partial charge in [0.25, 0.3) is 0 Å². The monoisotopic (exact) mass is 370 g/mol. The Morgan fingerprint density at radius 1 is 1.48 bits per heavy atom. The molecule has 8 nitrogen and oxygen atoms in total. The second-order valence-electron chi connectivity index (χ2n) is 6.85. The lowest BCUT2D eigenvalue weighted by atomic mass is 9.80. The Hall–Kier alpha value is -1.61. The van der Waals surface area contributed by atoms with Crippen LogP contribution in [0.1, 0.15) is 37.8 Å². The lowest BCUT2D eigenvalue weighted by molar-refractivity contribution is -0.0680. The molecule has 1 N–H and O–H groups in total. The van der Waals surface area contributed by atoms with Gasteiger partial charge in [0.1, 0.15) is 0 Å². The van der Waals surface area contributed by atoms with Crippen LogP contribution in [0.15, 0.2) is 12.4 Å². The van der Waals surface area contributed by atoms with Crippen LogP contribution in [0.25, 0.3) is 0 Å². The van der Waals surface area contributed by atoms with Crippen molar-refractivity contribution in [3.8, 4) is 0 Å². The van der Waals surface area contributed by atoms with E-state index in [0.29, 0.717) is 13.1 Å². The number of methoxy groups -OCH3 is 1. The van der Waals surface area contributed by atoms with E-state index in [-0.39, 0.29) is 29.7 Å². The van der Waals surface area contributed by atoms with Gasteiger partial charge in [-0.25, -0.2) is 13.2 Å². The van der Waals surface area contributed by atoms with Gasteiger partial charge in [0.15, 0.2) is 9.84 Å². The minimum atomic E-state index is -3.17. The molecule has 1 aromatic heterocycles. The Bertz CT molecular complexity index is 721. The molecule has 0 bridgehead atoms. The third-order valence-electron chi connectivity index (χ3n) is 5.31. The average Bonchev–Trinajstić information content (AvgIpc) is 3.02. The molecule has 2 amide bonds. The van der Waals surface area contributed by atoms with E-state index in [1.807, 2.05) is 13.1 Å². The van der Waals surface area contributed by atoms with Crippen molar-refractivity contribution in [2.45, 2.75) is 44.4 Å². The van der Waals surface area contributed by atoms with Crippen LogP contribution in [0.2, 0.25) is 0 Å². The molecule has 2 fully saturated rings. The Morgan fingerprint density at radius 3 is 2.80 bits per heavy atom. The molecular formula is C16H26N4O4S. The number of carbonyl (C=O) groups is 1. The Morgan fingerprint density at radius 2 is 2.24 bits per heavy atom. The van der Waals surface area contributed by atoms with Gasteiger partial charge in [0.2, 0.25) is 0 Å². The molecule has 0 aromatic carbocycles. The molecule has 1 atom stereocenters. The molecule has 1 saturated heterocycles. The number of aromatic nitrogens is 2. The van der Waals surface area contributed by atoms with Crippen LogP contribution >= 0.6 is 0 Å². The zero-order valence-corrected chi connectivity index (χ0v) is 15.6. The smallest absolute Gasteiger partial charge is 0.318 e. The van der Waals surface area contributed by atoms with Crippen LogP contribution in [-0.2, 0) is 21.1 Å². The zero-order valence-electron chi connectivity index (χ0n) is 14.8. The normalized spacial score (nSPS) is 24.6. The molecule has 25 heavy (non-hydrogen) atoms. The highest BCUT2D eigenvalue weighted by Gasteiger charge is 2.40. The van der Waals surface area contributed by atoms with E-state index < -0.39 is 15.9 Å². The summed E-state index contributed by atoms with van der Waals surface area (Å²) < 4.78 is 31.5. The summed E-state index contributed by atoms with van der Waals surface area (Å²) in [5, 5.41) is 7.15. The van der Waals surface area contributed by atoms with Gasteiger partial charge in [-0.1, -0.05) is 0 Å². The predicted molar refractivity (Wildman–Crippen MR) is 93.0 cm³/mol. The fraction of sp³-hybridized carbons (Fsp3) is 0.750. The van der Waals surface area contributed by atoms with Gasteiger partial charge in [0.05, 0.1) is 29.3 Å². The lowest BCUT2D eigenvalue weighted by Crippen LogP contribution is -2.55. The van der Waals surface area contributed by atoms with Gasteiger partial charge in [-0.05, 0) is 26.2 Å². The maximum absolute atomic E-state index is 12.7. The van der Waals surface area contributed by atoms with Gasteiger partial charge >= 0.3 is 6.03 Å². The number of aryl methyl sites for hydroxylation is 1. The largest absolute Gasteiger partial charge is 0.376 e. The number of nitrogens with zero attached hydrogens (tertiary/aromatic N) is 3. The Balaban J connectivity index is 1.73. The van der Waals surface area contributed by atoms with E-state index in [2.05, 4.69) is 10.4 Å². The molecule has 0 radical (unpaired) electrons. The first kappa shape index (κ1) is 18.2. The number of sulfone groups is 1. The van der Waals surface area contributed by atoms with Gasteiger partial charge in [0, 0.05) is 38.5 Å². The van der Waals surface area contributed by atoms with Gasteiger partial charge in [-0.3, -0.25) is 4.68 Å². The highest BCUT2D eigenvalue weighted by Crippen LogP contribution is 2.34. The number of hydrogen-bond acceptors (Lipinski definition) is 5. The molecule has 140 valence electrons. The third kappa shape index (κ3) is 3.82. The van der Waals surface area contributed by atoms with Crippen molar-refractivity contribution in [3.05, 3.63) is 18.0 Å². The fourth-order valence-electron chi connectivity index (χ4n) is 3.41. The molecule has 0 spiro atoms. The van der Waals surface area contributed by atoms with E-state index in [1.165, 1.54) is 0 Å². The summed E-state index contributed by atoms with van der Waals surface area (Å²) in [6, 6.07) is -0.744. The Kier molecular flexibility index (Phi) is 5.06. The van der Waals surface area contributed by atoms with Gasteiger partial charge in [-0.15, -0.1) is 0 Å². The molecule has 2 heterocycles. The molecule has 9 heteroatoms. The number of amides is 2. The van der Waals surface area contributed by atoms with E-state index in [9.17, 15) is 13.2 Å². The zero-order chi connectivity index (χ0) is 18.1. The number of carbonyl (C=O) groups excluding carboxylic acids is 1. The predicted octanol–water partition coefficient (Wildman–Crippen LogP) is 0.953. The summed E-state index contributed by atoms with van der Waals surface area (Å²) in [6.07, 6.45) is 6.44. The summed E-state index contributed by atoms with van der Waals surface area (Å²) in [6.45, 7) is 3.30. The van der Waals surface area contributed by atoms with Crippen molar-refractivity contribution in [2.75, 3.05) is 31.7 Å². The maximum Gasteiger partial charge on any atom is 0.318 e. The molecular weight excluding hydrogens is 344 g/mol. The minimum Gasteiger partial charge on any atom is -0.376 e. The number of urea groups is 1. The third-order valence-corrected chi connectivity index (χ3v) is 6.94. The van der Waals surface area contributed by atoms with Crippen molar-refractivity contribution in [2.24, 2.45) is 0 Å². The van der Waals surface area contributed by atoms with Crippen LogP contribution in [-0.4, -0.2) is 66.4 Å². The van der Waals surface area contributed by atoms with E-state index >= 15 is 0 Å². The summed E-state index contributed by atoms with van der Waals surface area (Å²) in [5.74, 6) is -0.0699. The quantitative estimate of drug-likeness (QED) is 0.833. The van der Waals surface area contributed by atoms with E-state index in [1.54, 1.807) is 22.9 Å². The summed E-state index contributed by atoms with van der Waals surface area (Å²) in [4.78, 5) is 14.3. The molecule has 1 aromatic rings. The maximum atomic E-state index is 12.7. The topological polar surface area (TPSA) is 93.5 Å². The molecule has 1 aliphatic heterocycles. The molecule has 0 unspecified atom stereocenters. The summed E-state index contributed by atoms with van der Waals surface area (Å²) in [7, 11) is -1.50. The fourth-order valence-corrected chi connectivity index (χ4v) is 4.91. The van der Waals surface area contributed by atoms with Crippen molar-refractivity contribution in [3.63, 3.8) is 0 Å². The number of ether oxygens (including phenoxy) is 1. The molecule has 1 aliphatic carbocycles. The van der Waals surface area contributed by atoms with Crippen LogP contribution in [0.5, 0.6) is 0 Å². The van der Waals surface area contributed by atoms with Gasteiger partial charge in [-0.2, -0.15) is 5.10 Å². The van der Waals surface area contributed by atoms with Crippen LogP contribution in [0, 0.1) is 0 Å². The van der Waals surface area contributed by atoms with Crippen LogP contribution in [0.3, 0.4) is 0 Å². The summed E-state index contributed by atoms with van der Waals surface area (Å²) in [5.41, 5.74) is 0.491.